The first-order valence-corrected chi connectivity index (χ1v) is 6.68. The highest BCUT2D eigenvalue weighted by molar-refractivity contribution is 7.89. The van der Waals surface area contributed by atoms with Crippen molar-refractivity contribution in [2.75, 3.05) is 6.54 Å². The number of H-pyrrole nitrogens is 1. The summed E-state index contributed by atoms with van der Waals surface area (Å²) in [5.74, 6) is -1.00. The Morgan fingerprint density at radius 3 is 2.76 bits per heavy atom. The maximum absolute atomic E-state index is 12.2. The van der Waals surface area contributed by atoms with E-state index < -0.39 is 16.0 Å². The molecule has 0 aliphatic heterocycles. The second kappa shape index (κ2) is 4.46. The predicted molar refractivity (Wildman–Crippen MR) is 57.8 cm³/mol. The summed E-state index contributed by atoms with van der Waals surface area (Å²) < 4.78 is 25.6. The highest BCUT2D eigenvalue weighted by Gasteiger charge is 2.38. The van der Waals surface area contributed by atoms with Crippen LogP contribution in [0, 0.1) is 0 Å². The number of hydrogen-bond acceptors (Lipinski definition) is 4. The normalized spacial score (nSPS) is 16.3. The number of carboxylic acids is 1. The van der Waals surface area contributed by atoms with Gasteiger partial charge in [-0.1, -0.05) is 0 Å². The monoisotopic (exact) mass is 259 g/mol. The summed E-state index contributed by atoms with van der Waals surface area (Å²) in [6.45, 7) is 0.00745. The molecule has 1 aromatic heterocycles. The predicted octanol–water partition coefficient (Wildman–Crippen LogP) is 0.0375. The van der Waals surface area contributed by atoms with Gasteiger partial charge in [0, 0.05) is 18.8 Å². The van der Waals surface area contributed by atoms with Crippen LogP contribution in [0.25, 0.3) is 0 Å². The summed E-state index contributed by atoms with van der Waals surface area (Å²) in [6.07, 6.45) is 3.91. The van der Waals surface area contributed by atoms with E-state index in [0.717, 1.165) is 12.8 Å². The summed E-state index contributed by atoms with van der Waals surface area (Å²) in [6, 6.07) is -0.0609. The third kappa shape index (κ3) is 2.64. The molecule has 0 aromatic carbocycles. The largest absolute Gasteiger partial charge is 0.481 e. The summed E-state index contributed by atoms with van der Waals surface area (Å²) >= 11 is 0. The first-order valence-electron chi connectivity index (χ1n) is 5.24. The highest BCUT2D eigenvalue weighted by atomic mass is 32.2. The van der Waals surface area contributed by atoms with Gasteiger partial charge < -0.3 is 5.11 Å². The van der Waals surface area contributed by atoms with Crippen LogP contribution in [0.5, 0.6) is 0 Å². The fraction of sp³-hybridized carbons (Fsp3) is 0.556. The molecule has 1 saturated carbocycles. The van der Waals surface area contributed by atoms with E-state index in [2.05, 4.69) is 10.2 Å². The number of nitrogens with zero attached hydrogens (tertiary/aromatic N) is 2. The lowest BCUT2D eigenvalue weighted by Crippen LogP contribution is -2.34. The number of carbonyl (C=O) groups is 1. The van der Waals surface area contributed by atoms with Gasteiger partial charge in [-0.15, -0.1) is 0 Å². The molecular formula is C9H13N3O4S. The van der Waals surface area contributed by atoms with Crippen molar-refractivity contribution in [3.8, 4) is 0 Å². The van der Waals surface area contributed by atoms with Gasteiger partial charge in [0.15, 0.2) is 0 Å². The van der Waals surface area contributed by atoms with Gasteiger partial charge >= 0.3 is 5.97 Å². The Bertz CT molecular complexity index is 492. The lowest BCUT2D eigenvalue weighted by atomic mass is 10.4. The Morgan fingerprint density at radius 2 is 2.29 bits per heavy atom. The number of nitrogens with one attached hydrogen (secondary N) is 1. The molecule has 0 saturated heterocycles. The summed E-state index contributed by atoms with van der Waals surface area (Å²) in [5, 5.41) is 14.7. The first-order chi connectivity index (χ1) is 8.01. The van der Waals surface area contributed by atoms with Crippen molar-refractivity contribution in [2.24, 2.45) is 0 Å². The maximum atomic E-state index is 12.2. The number of aromatic nitrogens is 2. The molecule has 0 spiro atoms. The van der Waals surface area contributed by atoms with Crippen LogP contribution in [-0.2, 0) is 14.8 Å². The van der Waals surface area contributed by atoms with E-state index in [1.165, 1.54) is 16.7 Å². The van der Waals surface area contributed by atoms with Gasteiger partial charge in [0.1, 0.15) is 4.90 Å². The molecule has 0 atom stereocenters. The van der Waals surface area contributed by atoms with Gasteiger partial charge in [-0.3, -0.25) is 9.89 Å². The van der Waals surface area contributed by atoms with Gasteiger partial charge in [0.2, 0.25) is 10.0 Å². The van der Waals surface area contributed by atoms with E-state index in [4.69, 9.17) is 5.11 Å². The molecule has 0 unspecified atom stereocenters. The van der Waals surface area contributed by atoms with E-state index in [1.54, 1.807) is 0 Å². The standard InChI is InChI=1S/C9H13N3O4S/c13-9(14)3-4-12(7-1-2-7)17(15,16)8-5-10-11-6-8/h5-7H,1-4H2,(H,10,11)(H,13,14). The molecule has 1 heterocycles. The zero-order valence-corrected chi connectivity index (χ0v) is 9.85. The Kier molecular flexibility index (Phi) is 3.16. The van der Waals surface area contributed by atoms with Crippen molar-refractivity contribution in [1.29, 1.82) is 0 Å². The van der Waals surface area contributed by atoms with Crippen LogP contribution < -0.4 is 0 Å². The molecule has 7 nitrogen and oxygen atoms in total. The molecular weight excluding hydrogens is 246 g/mol. The van der Waals surface area contributed by atoms with Crippen molar-refractivity contribution in [3.05, 3.63) is 12.4 Å². The summed E-state index contributed by atoms with van der Waals surface area (Å²) in [5.41, 5.74) is 0. The fourth-order valence-electron chi connectivity index (χ4n) is 1.58. The lowest BCUT2D eigenvalue weighted by Gasteiger charge is -2.19. The van der Waals surface area contributed by atoms with Crippen LogP contribution in [-0.4, -0.2) is 46.6 Å². The SMILES string of the molecule is O=C(O)CCN(C1CC1)S(=O)(=O)c1cn[nH]c1. The van der Waals surface area contributed by atoms with E-state index in [-0.39, 0.29) is 23.9 Å². The second-order valence-corrected chi connectivity index (χ2v) is 5.82. The minimum atomic E-state index is -3.61. The second-order valence-electron chi connectivity index (χ2n) is 3.92. The van der Waals surface area contributed by atoms with Gasteiger partial charge in [-0.2, -0.15) is 9.40 Å². The average molecular weight is 259 g/mol. The first kappa shape index (κ1) is 12.1. The minimum absolute atomic E-state index is 0.00745. The zero-order valence-electron chi connectivity index (χ0n) is 9.04. The number of rotatable bonds is 6. The van der Waals surface area contributed by atoms with Crippen molar-refractivity contribution in [1.82, 2.24) is 14.5 Å². The molecule has 2 N–H and O–H groups in total. The lowest BCUT2D eigenvalue weighted by molar-refractivity contribution is -0.137. The fourth-order valence-corrected chi connectivity index (χ4v) is 3.18. The number of sulfonamides is 1. The molecule has 17 heavy (non-hydrogen) atoms. The molecule has 1 aliphatic carbocycles. The van der Waals surface area contributed by atoms with Crippen molar-refractivity contribution < 1.29 is 18.3 Å². The van der Waals surface area contributed by atoms with Crippen LogP contribution in [0.4, 0.5) is 0 Å². The van der Waals surface area contributed by atoms with Crippen LogP contribution in [0.3, 0.4) is 0 Å². The third-order valence-corrected chi connectivity index (χ3v) is 4.50. The molecule has 94 valence electrons. The molecule has 1 aromatic rings. The maximum Gasteiger partial charge on any atom is 0.304 e. The number of hydrogen-bond donors (Lipinski definition) is 2. The highest BCUT2D eigenvalue weighted by Crippen LogP contribution is 2.31. The summed E-state index contributed by atoms with van der Waals surface area (Å²) in [4.78, 5) is 10.6. The number of aliphatic carboxylic acids is 1. The molecule has 0 bridgehead atoms. The Hall–Kier alpha value is -1.41. The Balaban J connectivity index is 2.18. The minimum Gasteiger partial charge on any atom is -0.481 e. The molecule has 0 radical (unpaired) electrons. The zero-order chi connectivity index (χ0) is 12.5. The third-order valence-electron chi connectivity index (χ3n) is 2.58. The van der Waals surface area contributed by atoms with Crippen LogP contribution >= 0.6 is 0 Å². The van der Waals surface area contributed by atoms with E-state index >= 15 is 0 Å². The Morgan fingerprint density at radius 1 is 1.59 bits per heavy atom. The molecule has 8 heteroatoms. The van der Waals surface area contributed by atoms with E-state index in [9.17, 15) is 13.2 Å². The topological polar surface area (TPSA) is 103 Å². The van der Waals surface area contributed by atoms with Crippen LogP contribution in [0.2, 0.25) is 0 Å². The van der Waals surface area contributed by atoms with Crippen LogP contribution in [0.15, 0.2) is 17.3 Å². The molecule has 0 amide bonds. The van der Waals surface area contributed by atoms with Gasteiger partial charge in [-0.05, 0) is 12.8 Å². The van der Waals surface area contributed by atoms with Gasteiger partial charge in [-0.25, -0.2) is 8.42 Å². The average Bonchev–Trinajstić information content (AvgIpc) is 2.92. The molecule has 2 rings (SSSR count). The van der Waals surface area contributed by atoms with Crippen LogP contribution in [0.1, 0.15) is 19.3 Å². The molecule has 1 aliphatic rings. The van der Waals surface area contributed by atoms with Gasteiger partial charge in [0.05, 0.1) is 12.6 Å². The van der Waals surface area contributed by atoms with Crippen molar-refractivity contribution in [3.63, 3.8) is 0 Å². The van der Waals surface area contributed by atoms with Gasteiger partial charge in [0.25, 0.3) is 0 Å². The van der Waals surface area contributed by atoms with E-state index in [1.807, 2.05) is 0 Å². The molecule has 1 fully saturated rings. The Labute approximate surface area is 98.5 Å². The smallest absolute Gasteiger partial charge is 0.304 e. The number of aromatic amines is 1. The van der Waals surface area contributed by atoms with E-state index in [0.29, 0.717) is 0 Å². The van der Waals surface area contributed by atoms with Crippen molar-refractivity contribution >= 4 is 16.0 Å². The van der Waals surface area contributed by atoms with Crippen molar-refractivity contribution in [2.45, 2.75) is 30.2 Å². The quantitative estimate of drug-likeness (QED) is 0.750. The number of carboxylic acid groups (broad SMARTS) is 1. The summed E-state index contributed by atoms with van der Waals surface area (Å²) in [7, 11) is -3.61.